The highest BCUT2D eigenvalue weighted by molar-refractivity contribution is 5.83. The molecule has 2 nitrogen and oxygen atoms in total. The van der Waals surface area contributed by atoms with Gasteiger partial charge in [-0.25, -0.2) is 0 Å². The molecule has 0 radical (unpaired) electrons. The first-order valence-electron chi connectivity index (χ1n) is 7.43. The molecule has 3 rings (SSSR count). The second-order valence-electron chi connectivity index (χ2n) is 5.31. The quantitative estimate of drug-likeness (QED) is 0.758. The lowest BCUT2D eigenvalue weighted by atomic mass is 9.98. The van der Waals surface area contributed by atoms with Crippen LogP contribution in [0.5, 0.6) is 0 Å². The molecular formula is C19H20N2. The summed E-state index contributed by atoms with van der Waals surface area (Å²) < 4.78 is 0. The van der Waals surface area contributed by atoms with Gasteiger partial charge in [0.1, 0.15) is 0 Å². The number of nitrogens with zero attached hydrogens (tertiary/aromatic N) is 1. The molecule has 0 spiro atoms. The fourth-order valence-electron chi connectivity index (χ4n) is 2.74. The Morgan fingerprint density at radius 2 is 1.76 bits per heavy atom. The van der Waals surface area contributed by atoms with Gasteiger partial charge in [-0.3, -0.25) is 4.98 Å². The lowest BCUT2D eigenvalue weighted by Gasteiger charge is -2.17. The van der Waals surface area contributed by atoms with E-state index in [0.29, 0.717) is 6.04 Å². The number of nitrogens with one attached hydrogen (secondary N) is 1. The molecule has 1 heterocycles. The fourth-order valence-corrected chi connectivity index (χ4v) is 2.74. The molecule has 1 unspecified atom stereocenters. The van der Waals surface area contributed by atoms with Gasteiger partial charge in [-0.1, -0.05) is 42.5 Å². The van der Waals surface area contributed by atoms with Gasteiger partial charge in [-0.05, 0) is 54.4 Å². The minimum atomic E-state index is 0.358. The van der Waals surface area contributed by atoms with E-state index < -0.39 is 0 Å². The van der Waals surface area contributed by atoms with Crippen LogP contribution in [0, 0.1) is 0 Å². The number of rotatable bonds is 5. The van der Waals surface area contributed by atoms with E-state index in [2.05, 4.69) is 58.8 Å². The summed E-state index contributed by atoms with van der Waals surface area (Å²) in [6.45, 7) is 0. The summed E-state index contributed by atoms with van der Waals surface area (Å²) in [5, 5.41) is 6.02. The van der Waals surface area contributed by atoms with E-state index in [0.717, 1.165) is 18.5 Å². The van der Waals surface area contributed by atoms with E-state index in [1.165, 1.54) is 16.3 Å². The summed E-state index contributed by atoms with van der Waals surface area (Å²) in [6.07, 6.45) is 3.89. The summed E-state index contributed by atoms with van der Waals surface area (Å²) in [4.78, 5) is 4.40. The lowest BCUT2D eigenvalue weighted by molar-refractivity contribution is 0.546. The molecule has 0 saturated heterocycles. The van der Waals surface area contributed by atoms with Gasteiger partial charge in [0.2, 0.25) is 0 Å². The predicted molar refractivity (Wildman–Crippen MR) is 88.3 cm³/mol. The van der Waals surface area contributed by atoms with Crippen LogP contribution in [0.1, 0.15) is 23.7 Å². The van der Waals surface area contributed by atoms with Crippen molar-refractivity contribution in [3.8, 4) is 0 Å². The molecule has 0 aliphatic heterocycles. The highest BCUT2D eigenvalue weighted by Gasteiger charge is 2.10. The number of aryl methyl sites for hydroxylation is 1. The fraction of sp³-hybridized carbons (Fsp3) is 0.211. The second-order valence-corrected chi connectivity index (χ2v) is 5.31. The van der Waals surface area contributed by atoms with Crippen LogP contribution in [0.4, 0.5) is 0 Å². The molecule has 2 aromatic carbocycles. The van der Waals surface area contributed by atoms with E-state index in [1.807, 2.05) is 25.4 Å². The summed E-state index contributed by atoms with van der Waals surface area (Å²) in [7, 11) is 2.03. The average molecular weight is 276 g/mol. The molecule has 0 fully saturated rings. The monoisotopic (exact) mass is 276 g/mol. The van der Waals surface area contributed by atoms with Gasteiger partial charge in [-0.2, -0.15) is 0 Å². The summed E-state index contributed by atoms with van der Waals surface area (Å²) >= 11 is 0. The van der Waals surface area contributed by atoms with Crippen molar-refractivity contribution < 1.29 is 0 Å². The molecule has 1 aromatic heterocycles. The Hall–Kier alpha value is -2.19. The lowest BCUT2D eigenvalue weighted by Crippen LogP contribution is -2.17. The Bertz CT molecular complexity index is 707. The average Bonchev–Trinajstić information content (AvgIpc) is 2.56. The number of fused-ring (bicyclic) bond motifs is 1. The third-order valence-electron chi connectivity index (χ3n) is 3.94. The van der Waals surface area contributed by atoms with Gasteiger partial charge in [0.25, 0.3) is 0 Å². The Morgan fingerprint density at radius 3 is 2.52 bits per heavy atom. The Morgan fingerprint density at radius 1 is 0.952 bits per heavy atom. The maximum absolute atomic E-state index is 4.40. The van der Waals surface area contributed by atoms with Crippen molar-refractivity contribution in [2.45, 2.75) is 18.9 Å². The molecule has 21 heavy (non-hydrogen) atoms. The van der Waals surface area contributed by atoms with Crippen LogP contribution >= 0.6 is 0 Å². The first-order chi connectivity index (χ1) is 10.4. The van der Waals surface area contributed by atoms with E-state index in [1.54, 1.807) is 0 Å². The van der Waals surface area contributed by atoms with Gasteiger partial charge in [0.05, 0.1) is 0 Å². The highest BCUT2D eigenvalue weighted by Crippen LogP contribution is 2.23. The third kappa shape index (κ3) is 3.29. The Kier molecular flexibility index (Phi) is 4.27. The van der Waals surface area contributed by atoms with E-state index >= 15 is 0 Å². The number of hydrogen-bond acceptors (Lipinski definition) is 2. The second kappa shape index (κ2) is 6.51. The third-order valence-corrected chi connectivity index (χ3v) is 3.94. The number of aromatic nitrogens is 1. The standard InChI is InChI=1S/C19H20N2/c1-20-19(12-11-18-8-4-5-13-21-18)17-10-9-15-6-2-3-7-16(15)14-17/h2-10,13-14,19-20H,11-12H2,1H3. The van der Waals surface area contributed by atoms with Crippen LogP contribution < -0.4 is 5.32 Å². The highest BCUT2D eigenvalue weighted by atomic mass is 14.9. The summed E-state index contributed by atoms with van der Waals surface area (Å²) in [5.41, 5.74) is 2.49. The van der Waals surface area contributed by atoms with Crippen molar-refractivity contribution >= 4 is 10.8 Å². The van der Waals surface area contributed by atoms with Crippen molar-refractivity contribution in [2.24, 2.45) is 0 Å². The van der Waals surface area contributed by atoms with Crippen molar-refractivity contribution in [1.29, 1.82) is 0 Å². The molecule has 0 aliphatic rings. The maximum atomic E-state index is 4.40. The van der Waals surface area contributed by atoms with Gasteiger partial charge in [0.15, 0.2) is 0 Å². The molecule has 1 atom stereocenters. The predicted octanol–water partition coefficient (Wildman–Crippen LogP) is 4.13. The van der Waals surface area contributed by atoms with Gasteiger partial charge in [-0.15, -0.1) is 0 Å². The van der Waals surface area contributed by atoms with Crippen LogP contribution in [0.25, 0.3) is 10.8 Å². The molecule has 1 N–H and O–H groups in total. The van der Waals surface area contributed by atoms with E-state index in [4.69, 9.17) is 0 Å². The molecule has 0 aliphatic carbocycles. The Labute approximate surface area is 125 Å². The largest absolute Gasteiger partial charge is 0.313 e. The molecule has 2 heteroatoms. The summed E-state index contributed by atoms with van der Waals surface area (Å²) in [5.74, 6) is 0. The van der Waals surface area contributed by atoms with Crippen molar-refractivity contribution in [2.75, 3.05) is 7.05 Å². The molecule has 0 bridgehead atoms. The minimum absolute atomic E-state index is 0.358. The van der Waals surface area contributed by atoms with Crippen LogP contribution in [0.15, 0.2) is 66.9 Å². The number of pyridine rings is 1. The van der Waals surface area contributed by atoms with Crippen LogP contribution in [-0.4, -0.2) is 12.0 Å². The first-order valence-corrected chi connectivity index (χ1v) is 7.43. The SMILES string of the molecule is CNC(CCc1ccccn1)c1ccc2ccccc2c1. The van der Waals surface area contributed by atoms with Gasteiger partial charge >= 0.3 is 0 Å². The summed E-state index contributed by atoms with van der Waals surface area (Å²) in [6, 6.07) is 21.7. The van der Waals surface area contributed by atoms with E-state index in [9.17, 15) is 0 Å². The van der Waals surface area contributed by atoms with Crippen LogP contribution in [-0.2, 0) is 6.42 Å². The van der Waals surface area contributed by atoms with Crippen LogP contribution in [0.3, 0.4) is 0 Å². The smallest absolute Gasteiger partial charge is 0.0404 e. The minimum Gasteiger partial charge on any atom is -0.313 e. The maximum Gasteiger partial charge on any atom is 0.0404 e. The van der Waals surface area contributed by atoms with Crippen molar-refractivity contribution in [3.05, 3.63) is 78.1 Å². The number of hydrogen-bond donors (Lipinski definition) is 1. The normalized spacial score (nSPS) is 12.4. The number of benzene rings is 2. The Balaban J connectivity index is 1.78. The molecule has 0 amide bonds. The van der Waals surface area contributed by atoms with Gasteiger partial charge < -0.3 is 5.32 Å². The molecular weight excluding hydrogens is 256 g/mol. The van der Waals surface area contributed by atoms with Gasteiger partial charge in [0, 0.05) is 17.9 Å². The first kappa shape index (κ1) is 13.8. The zero-order valence-corrected chi connectivity index (χ0v) is 12.3. The van der Waals surface area contributed by atoms with Crippen molar-refractivity contribution in [3.63, 3.8) is 0 Å². The zero-order chi connectivity index (χ0) is 14.5. The van der Waals surface area contributed by atoms with Crippen LogP contribution in [0.2, 0.25) is 0 Å². The molecule has 3 aromatic rings. The topological polar surface area (TPSA) is 24.9 Å². The molecule has 0 saturated carbocycles. The zero-order valence-electron chi connectivity index (χ0n) is 12.3. The van der Waals surface area contributed by atoms with E-state index in [-0.39, 0.29) is 0 Å². The van der Waals surface area contributed by atoms with Crippen molar-refractivity contribution in [1.82, 2.24) is 10.3 Å². The molecule has 106 valence electrons.